The van der Waals surface area contributed by atoms with Crippen molar-refractivity contribution in [2.45, 2.75) is 31.7 Å². The highest BCUT2D eigenvalue weighted by Gasteiger charge is 2.25. The van der Waals surface area contributed by atoms with E-state index in [1.54, 1.807) is 12.1 Å². The highest BCUT2D eigenvalue weighted by atomic mass is 16.1. The Morgan fingerprint density at radius 2 is 2.00 bits per heavy atom. The van der Waals surface area contributed by atoms with Crippen LogP contribution in [0, 0.1) is 0 Å². The zero-order chi connectivity index (χ0) is 13.1. The molecular weight excluding hydrogens is 230 g/mol. The average molecular weight is 249 g/mol. The number of hydrogen-bond acceptors (Lipinski definition) is 5. The third-order valence-corrected chi connectivity index (χ3v) is 3.33. The summed E-state index contributed by atoms with van der Waals surface area (Å²) in [6, 6.07) is 3.81. The van der Waals surface area contributed by atoms with Gasteiger partial charge in [-0.3, -0.25) is 4.79 Å². The smallest absolute Gasteiger partial charge is 0.237 e. The number of aromatic nitrogens is 1. The Bertz CT molecular complexity index is 442. The van der Waals surface area contributed by atoms with E-state index in [0.717, 1.165) is 12.8 Å². The molecule has 0 bridgehead atoms. The Kier molecular flexibility index (Phi) is 3.55. The zero-order valence-electron chi connectivity index (χ0n) is 10.3. The maximum atomic E-state index is 11.2. The van der Waals surface area contributed by atoms with E-state index in [2.05, 4.69) is 4.98 Å². The highest BCUT2D eigenvalue weighted by molar-refractivity contribution is 5.79. The first-order valence-electron chi connectivity index (χ1n) is 6.15. The van der Waals surface area contributed by atoms with Crippen LogP contribution < -0.4 is 22.1 Å². The summed E-state index contributed by atoms with van der Waals surface area (Å²) in [7, 11) is 0. The van der Waals surface area contributed by atoms with Crippen LogP contribution >= 0.6 is 0 Å². The van der Waals surface area contributed by atoms with E-state index in [-0.39, 0.29) is 12.5 Å². The van der Waals surface area contributed by atoms with Gasteiger partial charge >= 0.3 is 0 Å². The number of pyridine rings is 1. The molecule has 1 amide bonds. The Morgan fingerprint density at radius 1 is 1.33 bits per heavy atom. The molecule has 98 valence electrons. The lowest BCUT2D eigenvalue weighted by molar-refractivity contribution is -0.116. The van der Waals surface area contributed by atoms with Crippen molar-refractivity contribution in [1.29, 1.82) is 0 Å². The number of nitrogen functional groups attached to an aromatic ring is 2. The van der Waals surface area contributed by atoms with Gasteiger partial charge in [-0.15, -0.1) is 0 Å². The highest BCUT2D eigenvalue weighted by Crippen LogP contribution is 2.28. The molecule has 6 nitrogen and oxygen atoms in total. The van der Waals surface area contributed by atoms with Crippen LogP contribution in [0.2, 0.25) is 0 Å². The van der Waals surface area contributed by atoms with Gasteiger partial charge < -0.3 is 22.1 Å². The summed E-state index contributed by atoms with van der Waals surface area (Å²) in [6.45, 7) is 0.168. The molecule has 1 heterocycles. The Labute approximate surface area is 106 Å². The van der Waals surface area contributed by atoms with Crippen LogP contribution in [0.25, 0.3) is 0 Å². The van der Waals surface area contributed by atoms with Crippen LogP contribution in [0.5, 0.6) is 0 Å². The average Bonchev–Trinajstić information content (AvgIpc) is 2.83. The first-order chi connectivity index (χ1) is 8.58. The van der Waals surface area contributed by atoms with E-state index in [1.807, 2.05) is 4.90 Å². The lowest BCUT2D eigenvalue weighted by atomic mass is 10.2. The van der Waals surface area contributed by atoms with Crippen molar-refractivity contribution in [3.63, 3.8) is 0 Å². The molecule has 2 rings (SSSR count). The summed E-state index contributed by atoms with van der Waals surface area (Å²) in [6.07, 6.45) is 4.45. The predicted octanol–water partition coefficient (Wildman–Crippen LogP) is 0.480. The summed E-state index contributed by atoms with van der Waals surface area (Å²) in [5, 5.41) is 0. The van der Waals surface area contributed by atoms with Crippen LogP contribution in [-0.4, -0.2) is 23.5 Å². The zero-order valence-corrected chi connectivity index (χ0v) is 10.3. The molecule has 1 saturated carbocycles. The Balaban J connectivity index is 2.26. The molecule has 1 aromatic heterocycles. The second-order valence-electron chi connectivity index (χ2n) is 4.68. The molecule has 1 fully saturated rings. The first-order valence-corrected chi connectivity index (χ1v) is 6.15. The van der Waals surface area contributed by atoms with E-state index in [0.29, 0.717) is 23.4 Å². The molecule has 18 heavy (non-hydrogen) atoms. The van der Waals surface area contributed by atoms with Crippen molar-refractivity contribution in [3.05, 3.63) is 12.1 Å². The van der Waals surface area contributed by atoms with Crippen LogP contribution in [0.3, 0.4) is 0 Å². The topological polar surface area (TPSA) is 111 Å². The van der Waals surface area contributed by atoms with E-state index in [4.69, 9.17) is 17.2 Å². The second kappa shape index (κ2) is 5.12. The number of hydrogen-bond donors (Lipinski definition) is 3. The molecule has 0 saturated heterocycles. The lowest BCUT2D eigenvalue weighted by Gasteiger charge is -2.29. The van der Waals surface area contributed by atoms with Crippen molar-refractivity contribution in [2.24, 2.45) is 5.73 Å². The van der Waals surface area contributed by atoms with E-state index >= 15 is 0 Å². The first kappa shape index (κ1) is 12.5. The molecule has 0 aliphatic heterocycles. The molecule has 1 aromatic rings. The molecule has 0 radical (unpaired) electrons. The van der Waals surface area contributed by atoms with E-state index in [9.17, 15) is 4.79 Å². The Hall–Kier alpha value is -1.98. The lowest BCUT2D eigenvalue weighted by Crippen LogP contribution is -2.40. The third-order valence-electron chi connectivity index (χ3n) is 3.33. The van der Waals surface area contributed by atoms with Crippen molar-refractivity contribution in [2.75, 3.05) is 22.9 Å². The molecule has 6 heteroatoms. The second-order valence-corrected chi connectivity index (χ2v) is 4.68. The summed E-state index contributed by atoms with van der Waals surface area (Å²) in [5.41, 5.74) is 17.1. The minimum Gasteiger partial charge on any atom is -0.396 e. The van der Waals surface area contributed by atoms with Crippen LogP contribution in [0.1, 0.15) is 25.7 Å². The Morgan fingerprint density at radius 3 is 2.56 bits per heavy atom. The number of nitrogens with two attached hydrogens (primary N) is 3. The number of rotatable bonds is 4. The fraction of sp³-hybridized carbons (Fsp3) is 0.500. The van der Waals surface area contributed by atoms with Gasteiger partial charge in [0.25, 0.3) is 0 Å². The number of nitrogens with zero attached hydrogens (tertiary/aromatic N) is 2. The number of amides is 1. The SMILES string of the molecule is NC(=O)CN(c1ccc(N)c(N)n1)C1CCCC1. The molecule has 1 aliphatic carbocycles. The molecule has 1 aliphatic rings. The molecule has 0 spiro atoms. The van der Waals surface area contributed by atoms with E-state index < -0.39 is 0 Å². The molecule has 0 atom stereocenters. The molecule has 6 N–H and O–H groups in total. The van der Waals surface area contributed by atoms with E-state index in [1.165, 1.54) is 12.8 Å². The summed E-state index contributed by atoms with van der Waals surface area (Å²) in [4.78, 5) is 17.4. The van der Waals surface area contributed by atoms with Gasteiger partial charge in [-0.25, -0.2) is 4.98 Å². The molecule has 0 unspecified atom stereocenters. The third kappa shape index (κ3) is 2.64. The van der Waals surface area contributed by atoms with Crippen molar-refractivity contribution in [1.82, 2.24) is 4.98 Å². The number of primary amides is 1. The van der Waals surface area contributed by atoms with Crippen LogP contribution in [0.4, 0.5) is 17.3 Å². The minimum atomic E-state index is -0.362. The quantitative estimate of drug-likeness (QED) is 0.718. The maximum absolute atomic E-state index is 11.2. The van der Waals surface area contributed by atoms with Gasteiger partial charge in [0, 0.05) is 6.04 Å². The molecule has 0 aromatic carbocycles. The van der Waals surface area contributed by atoms with Crippen molar-refractivity contribution in [3.8, 4) is 0 Å². The predicted molar refractivity (Wildman–Crippen MR) is 71.9 cm³/mol. The van der Waals surface area contributed by atoms with Gasteiger partial charge in [0.1, 0.15) is 11.6 Å². The van der Waals surface area contributed by atoms with Crippen LogP contribution in [0.15, 0.2) is 12.1 Å². The largest absolute Gasteiger partial charge is 0.396 e. The molecular formula is C12H19N5O. The van der Waals surface area contributed by atoms with Gasteiger partial charge in [0.2, 0.25) is 5.91 Å². The monoisotopic (exact) mass is 249 g/mol. The minimum absolute atomic E-state index is 0.168. The van der Waals surface area contributed by atoms with Gasteiger partial charge in [-0.05, 0) is 25.0 Å². The fourth-order valence-corrected chi connectivity index (χ4v) is 2.42. The number of carbonyl (C=O) groups is 1. The summed E-state index contributed by atoms with van der Waals surface area (Å²) >= 11 is 0. The van der Waals surface area contributed by atoms with Gasteiger partial charge in [-0.1, -0.05) is 12.8 Å². The fourth-order valence-electron chi connectivity index (χ4n) is 2.42. The van der Waals surface area contributed by atoms with Gasteiger partial charge in [0.05, 0.1) is 12.2 Å². The number of carbonyl (C=O) groups excluding carboxylic acids is 1. The van der Waals surface area contributed by atoms with Crippen LogP contribution in [-0.2, 0) is 4.79 Å². The maximum Gasteiger partial charge on any atom is 0.237 e. The number of anilines is 3. The normalized spacial score (nSPS) is 15.8. The van der Waals surface area contributed by atoms with Gasteiger partial charge in [-0.2, -0.15) is 0 Å². The standard InChI is InChI=1S/C12H19N5O/c13-9-5-6-11(16-12(9)15)17(7-10(14)18)8-3-1-2-4-8/h5-6,8H,1-4,7,13H2,(H2,14,18)(H2,15,16). The van der Waals surface area contributed by atoms with Gasteiger partial charge in [0.15, 0.2) is 0 Å². The summed E-state index contributed by atoms with van der Waals surface area (Å²) in [5.74, 6) is 0.603. The van der Waals surface area contributed by atoms with Crippen molar-refractivity contribution >= 4 is 23.2 Å². The summed E-state index contributed by atoms with van der Waals surface area (Å²) < 4.78 is 0. The van der Waals surface area contributed by atoms with Crippen molar-refractivity contribution < 1.29 is 4.79 Å².